The van der Waals surface area contributed by atoms with Crippen molar-refractivity contribution in [2.24, 2.45) is 35.8 Å². The van der Waals surface area contributed by atoms with E-state index in [1.54, 1.807) is 40.9 Å². The van der Waals surface area contributed by atoms with E-state index < -0.39 is 135 Å². The van der Waals surface area contributed by atoms with Crippen LogP contribution in [0, 0.1) is 33.2 Å². The van der Waals surface area contributed by atoms with Gasteiger partial charge in [-0.15, -0.1) is 0 Å². The number of hydrogen-bond donors (Lipinski definition) is 8. The minimum atomic E-state index is -1.50. The highest BCUT2D eigenvalue weighted by Gasteiger charge is 2.39. The van der Waals surface area contributed by atoms with E-state index in [-0.39, 0.29) is 96.4 Å². The zero-order valence-corrected chi connectivity index (χ0v) is 54.4. The normalized spacial score (nSPS) is 12.5. The smallest absolute Gasteiger partial charge is 0.331 e. The molecule has 0 aromatic heterocycles. The quantitative estimate of drug-likeness (QED) is 0.00824. The van der Waals surface area contributed by atoms with Gasteiger partial charge in [-0.05, 0) is 118 Å². The molecule has 0 bridgehead atoms. The standard InChI is InChI=1S/C45H68N8O16.C10H14N2O4.C5H12O4/c1-5-64-41(60)33(50-29-54)17-9-11-21-37(46)68-27-45(25-39(58)48-23-15-13-19-35(52-31-56)43(62)66-7-3,26-40(59)49-24-16-14-20-36(53-32-57)44(63)67-8-4)28-69-38(47)22-12-10-18-34(51-30-55)42(61)65-6-2;1-2-16-10(14)9(12-8-13)5-3-4-6-15-7-11;6-1-5(2-7,3-8)4-9/h33-36,46-47H,5-28H2,1-4H3,(H,48,58)(H,49,59);9H,2-6H2,1H3;6-9H,1-4H2. The molecular formula is C60H94N10O24. The number of isocyanates is 5. The molecule has 0 saturated carbocycles. The molecule has 0 spiro atoms. The third kappa shape index (κ3) is 44.7. The van der Waals surface area contributed by atoms with Gasteiger partial charge in [0.1, 0.15) is 6.61 Å². The molecule has 0 fully saturated rings. The zero-order valence-electron chi connectivity index (χ0n) is 54.4. The summed E-state index contributed by atoms with van der Waals surface area (Å²) < 4.78 is 40.8. The average molecular weight is 1340 g/mol. The highest BCUT2D eigenvalue weighted by molar-refractivity contribution is 5.82. The molecule has 94 heavy (non-hydrogen) atoms. The van der Waals surface area contributed by atoms with E-state index in [0.29, 0.717) is 77.2 Å². The molecule has 34 heteroatoms. The van der Waals surface area contributed by atoms with E-state index in [0.717, 1.165) is 0 Å². The van der Waals surface area contributed by atoms with Gasteiger partial charge < -0.3 is 69.0 Å². The van der Waals surface area contributed by atoms with Crippen molar-refractivity contribution in [3.8, 4) is 6.26 Å². The maximum atomic E-state index is 13.7. The first-order chi connectivity index (χ1) is 45.2. The summed E-state index contributed by atoms with van der Waals surface area (Å²) in [6, 6.07) is -5.03. The van der Waals surface area contributed by atoms with E-state index in [9.17, 15) is 57.5 Å². The van der Waals surface area contributed by atoms with Gasteiger partial charge in [-0.25, -0.2) is 47.9 Å². The van der Waals surface area contributed by atoms with Gasteiger partial charge in [-0.2, -0.15) is 30.2 Å². The number of nitriles is 1. The Morgan fingerprint density at radius 1 is 0.415 bits per heavy atom. The number of carbonyl (C=O) groups excluding carboxylic acids is 12. The number of aliphatic imine (C=N–C) groups is 5. The third-order valence-corrected chi connectivity index (χ3v) is 13.1. The Morgan fingerprint density at radius 3 is 0.915 bits per heavy atom. The van der Waals surface area contributed by atoms with Crippen molar-refractivity contribution in [3.63, 3.8) is 0 Å². The Labute approximate surface area is 546 Å². The first-order valence-electron chi connectivity index (χ1n) is 30.8. The number of hydrogen-bond acceptors (Lipinski definition) is 32. The Balaban J connectivity index is -0.00000274. The van der Waals surface area contributed by atoms with Crippen molar-refractivity contribution in [1.29, 1.82) is 16.1 Å². The molecule has 34 nitrogen and oxygen atoms in total. The van der Waals surface area contributed by atoms with Crippen LogP contribution in [0.1, 0.15) is 157 Å². The van der Waals surface area contributed by atoms with E-state index >= 15 is 0 Å². The molecule has 0 aromatic rings. The fourth-order valence-electron chi connectivity index (χ4n) is 7.91. The molecule has 0 aliphatic heterocycles. The summed E-state index contributed by atoms with van der Waals surface area (Å²) in [7, 11) is 0. The number of aliphatic hydroxyl groups is 4. The number of nitrogens with one attached hydrogen (secondary N) is 4. The lowest BCUT2D eigenvalue weighted by Crippen LogP contribution is -2.43. The van der Waals surface area contributed by atoms with Crippen LogP contribution in [-0.2, 0) is 95.4 Å². The second kappa shape index (κ2) is 59.3. The molecule has 8 N–H and O–H groups in total. The van der Waals surface area contributed by atoms with Crippen LogP contribution in [-0.4, -0.2) is 227 Å². The van der Waals surface area contributed by atoms with Crippen molar-refractivity contribution in [3.05, 3.63) is 0 Å². The fourth-order valence-corrected chi connectivity index (χ4v) is 7.91. The molecule has 5 unspecified atom stereocenters. The lowest BCUT2D eigenvalue weighted by Gasteiger charge is -2.32. The van der Waals surface area contributed by atoms with Crippen LogP contribution in [0.25, 0.3) is 0 Å². The second-order valence-electron chi connectivity index (χ2n) is 20.5. The zero-order chi connectivity index (χ0) is 71.3. The number of aliphatic hydroxyl groups excluding tert-OH is 4. The van der Waals surface area contributed by atoms with Crippen molar-refractivity contribution < 1.29 is 116 Å². The molecule has 0 aliphatic rings. The lowest BCUT2D eigenvalue weighted by molar-refractivity contribution is -0.145. The summed E-state index contributed by atoms with van der Waals surface area (Å²) in [5.41, 5.74) is -2.62. The Bertz CT molecular complexity index is 2390. The number of rotatable bonds is 52. The van der Waals surface area contributed by atoms with Crippen LogP contribution in [0.15, 0.2) is 25.0 Å². The first-order valence-corrected chi connectivity index (χ1v) is 30.8. The number of carbonyl (C=O) groups is 7. The van der Waals surface area contributed by atoms with Gasteiger partial charge in [0.25, 0.3) is 6.26 Å². The van der Waals surface area contributed by atoms with E-state index in [1.807, 2.05) is 0 Å². The van der Waals surface area contributed by atoms with Gasteiger partial charge in [0.05, 0.1) is 83.5 Å². The van der Waals surface area contributed by atoms with Crippen LogP contribution in [0.3, 0.4) is 0 Å². The Kier molecular flexibility index (Phi) is 56.4. The molecule has 0 saturated heterocycles. The maximum absolute atomic E-state index is 13.7. The van der Waals surface area contributed by atoms with Gasteiger partial charge in [0, 0.05) is 38.8 Å². The summed E-state index contributed by atoms with van der Waals surface area (Å²) in [5, 5.41) is 64.8. The molecule has 0 radical (unpaired) electrons. The fraction of sp³-hybridized carbons (Fsp3) is 0.750. The van der Waals surface area contributed by atoms with Crippen molar-refractivity contribution in [1.82, 2.24) is 10.6 Å². The number of nitrogens with zero attached hydrogens (tertiary/aromatic N) is 6. The minimum absolute atomic E-state index is 0.0499. The van der Waals surface area contributed by atoms with Gasteiger partial charge in [0.2, 0.25) is 42.2 Å². The van der Waals surface area contributed by atoms with Gasteiger partial charge >= 0.3 is 29.8 Å². The molecule has 528 valence electrons. The number of amides is 2. The van der Waals surface area contributed by atoms with Gasteiger partial charge in [-0.1, -0.05) is 12.8 Å². The highest BCUT2D eigenvalue weighted by atomic mass is 16.6. The summed E-state index contributed by atoms with van der Waals surface area (Å²) in [5.74, 6) is -4.84. The minimum Gasteiger partial charge on any atom is -0.480 e. The second-order valence-corrected chi connectivity index (χ2v) is 20.5. The molecular weight excluding hydrogens is 1240 g/mol. The van der Waals surface area contributed by atoms with Gasteiger partial charge in [0.15, 0.2) is 42.0 Å². The number of esters is 5. The lowest BCUT2D eigenvalue weighted by atomic mass is 9.81. The van der Waals surface area contributed by atoms with Crippen LogP contribution in [0.5, 0.6) is 0 Å². The third-order valence-electron chi connectivity index (χ3n) is 13.1. The van der Waals surface area contributed by atoms with Crippen LogP contribution in [0.2, 0.25) is 0 Å². The van der Waals surface area contributed by atoms with E-state index in [1.165, 1.54) is 30.4 Å². The monoisotopic (exact) mass is 1340 g/mol. The Morgan fingerprint density at radius 2 is 0.681 bits per heavy atom. The molecule has 0 rings (SSSR count). The predicted octanol–water partition coefficient (Wildman–Crippen LogP) is 2.37. The maximum Gasteiger partial charge on any atom is 0.331 e. The SMILES string of the molecule is CCOC(=O)C(CCCCNC(=O)CC(COC(=N)CCCCC(N=C=O)C(=O)OCC)(COC(=N)CCCCC(N=C=O)C(=O)OCC)CC(=O)NCCCCC(N=C=O)C(=O)OCC)N=C=O.CCOC(=O)C(CCCCOC#N)N=C=O.OCC(CO)(CO)CO. The molecule has 0 aromatic carbocycles. The van der Waals surface area contributed by atoms with Gasteiger partial charge in [-0.3, -0.25) is 20.4 Å². The number of unbranched alkanes of at least 4 members (excludes halogenated alkanes) is 5. The van der Waals surface area contributed by atoms with Crippen LogP contribution < -0.4 is 10.6 Å². The van der Waals surface area contributed by atoms with Crippen LogP contribution in [0.4, 0.5) is 0 Å². The molecule has 0 aliphatic carbocycles. The predicted molar refractivity (Wildman–Crippen MR) is 329 cm³/mol. The summed E-state index contributed by atoms with van der Waals surface area (Å²) >= 11 is 0. The van der Waals surface area contributed by atoms with Crippen molar-refractivity contribution in [2.75, 3.05) is 92.4 Å². The first kappa shape index (κ1) is 89.5. The summed E-state index contributed by atoms with van der Waals surface area (Å²) in [6.07, 6.45) is 12.6. The summed E-state index contributed by atoms with van der Waals surface area (Å²) in [6.45, 7) is 6.79. The molecule has 2 amide bonds. The van der Waals surface area contributed by atoms with Crippen molar-refractivity contribution >= 4 is 83.9 Å². The molecule has 5 atom stereocenters. The largest absolute Gasteiger partial charge is 0.480 e. The van der Waals surface area contributed by atoms with E-state index in [2.05, 4.69) is 40.3 Å². The van der Waals surface area contributed by atoms with Crippen LogP contribution >= 0.6 is 0 Å². The topological polar surface area (TPSA) is 517 Å². The summed E-state index contributed by atoms with van der Waals surface area (Å²) in [4.78, 5) is 158. The van der Waals surface area contributed by atoms with E-state index in [4.69, 9.17) is 69.7 Å². The number of ether oxygens (including phenoxy) is 8. The molecule has 0 heterocycles. The Hall–Kier alpha value is -8.74. The highest BCUT2D eigenvalue weighted by Crippen LogP contribution is 2.30. The average Bonchev–Trinajstić information content (AvgIpc) is 0.922. The van der Waals surface area contributed by atoms with Crippen molar-refractivity contribution in [2.45, 2.75) is 187 Å².